The van der Waals surface area contributed by atoms with Gasteiger partial charge in [-0.25, -0.2) is 8.42 Å². The van der Waals surface area contributed by atoms with Gasteiger partial charge in [0.1, 0.15) is 0 Å². The zero-order valence-electron chi connectivity index (χ0n) is 15.2. The Balaban J connectivity index is 1.90. The summed E-state index contributed by atoms with van der Waals surface area (Å²) in [5.74, 6) is 0. The van der Waals surface area contributed by atoms with Gasteiger partial charge in [-0.1, -0.05) is 60.7 Å². The summed E-state index contributed by atoms with van der Waals surface area (Å²) in [5, 5.41) is 0. The Morgan fingerprint density at radius 3 is 1.21 bits per heavy atom. The number of sulfone groups is 1. The van der Waals surface area contributed by atoms with Gasteiger partial charge in [-0.2, -0.15) is 0 Å². The van der Waals surface area contributed by atoms with Crippen molar-refractivity contribution < 1.29 is 8.42 Å². The van der Waals surface area contributed by atoms with E-state index in [0.29, 0.717) is 20.9 Å². The maximum atomic E-state index is 13.8. The molecule has 0 saturated carbocycles. The molecule has 0 aromatic heterocycles. The Bertz CT molecular complexity index is 1170. The van der Waals surface area contributed by atoms with Crippen LogP contribution in [0.2, 0.25) is 0 Å². The quantitative estimate of drug-likeness (QED) is 0.229. The van der Waals surface area contributed by atoms with E-state index in [4.69, 9.17) is 0 Å². The first-order valence-electron chi connectivity index (χ1n) is 8.92. The number of hydrogen-bond donors (Lipinski definition) is 0. The van der Waals surface area contributed by atoms with Gasteiger partial charge in [-0.3, -0.25) is 0 Å². The number of rotatable bonds is 4. The van der Waals surface area contributed by atoms with Crippen molar-refractivity contribution in [3.63, 3.8) is 0 Å². The van der Waals surface area contributed by atoms with Crippen LogP contribution in [0.5, 0.6) is 0 Å². The number of benzene rings is 4. The van der Waals surface area contributed by atoms with E-state index in [-0.39, 0.29) is 0 Å². The molecule has 0 spiro atoms. The normalized spacial score (nSPS) is 11.4. The summed E-state index contributed by atoms with van der Waals surface area (Å²) in [6, 6.07) is 30.2. The van der Waals surface area contributed by atoms with Crippen LogP contribution in [0.1, 0.15) is 0 Å². The van der Waals surface area contributed by atoms with Crippen LogP contribution >= 0.6 is 45.2 Å². The highest BCUT2D eigenvalue weighted by Gasteiger charge is 2.24. The fraction of sp³-hybridized carbons (Fsp3) is 0. The first-order chi connectivity index (χ1) is 14.0. The van der Waals surface area contributed by atoms with Gasteiger partial charge in [0.15, 0.2) is 0 Å². The number of halogens is 2. The molecule has 0 atom stereocenters. The summed E-state index contributed by atoms with van der Waals surface area (Å²) >= 11 is 4.49. The second kappa shape index (κ2) is 8.57. The number of hydrogen-bond acceptors (Lipinski definition) is 2. The molecule has 144 valence electrons. The molecule has 0 bridgehead atoms. The molecule has 0 heterocycles. The third-order valence-electron chi connectivity index (χ3n) is 4.66. The van der Waals surface area contributed by atoms with Crippen molar-refractivity contribution in [3.05, 3.63) is 104 Å². The van der Waals surface area contributed by atoms with Gasteiger partial charge in [0.25, 0.3) is 0 Å². The van der Waals surface area contributed by atoms with E-state index < -0.39 is 9.84 Å². The second-order valence-electron chi connectivity index (χ2n) is 6.51. The van der Waals surface area contributed by atoms with Gasteiger partial charge in [-0.15, -0.1) is 0 Å². The lowest BCUT2D eigenvalue weighted by molar-refractivity contribution is 0.596. The SMILES string of the molecule is O=S(=O)(c1ccccc1-c1ccc(I)cc1)c1ccccc1-c1ccc(I)cc1. The molecule has 4 rings (SSSR count). The van der Waals surface area contributed by atoms with Crippen molar-refractivity contribution in [1.29, 1.82) is 0 Å². The summed E-state index contributed by atoms with van der Waals surface area (Å²) in [6.45, 7) is 0. The minimum Gasteiger partial charge on any atom is -0.218 e. The van der Waals surface area contributed by atoms with Crippen LogP contribution in [-0.2, 0) is 9.84 Å². The van der Waals surface area contributed by atoms with E-state index in [1.807, 2.05) is 72.8 Å². The van der Waals surface area contributed by atoms with E-state index in [9.17, 15) is 8.42 Å². The average Bonchev–Trinajstić information content (AvgIpc) is 2.75. The Morgan fingerprint density at radius 2 is 0.828 bits per heavy atom. The van der Waals surface area contributed by atoms with Crippen LogP contribution in [0, 0.1) is 7.14 Å². The molecule has 0 fully saturated rings. The molecule has 0 aliphatic heterocycles. The maximum absolute atomic E-state index is 13.8. The molecule has 0 N–H and O–H groups in total. The lowest BCUT2D eigenvalue weighted by atomic mass is 10.1. The predicted molar refractivity (Wildman–Crippen MR) is 135 cm³/mol. The van der Waals surface area contributed by atoms with Crippen molar-refractivity contribution in [1.82, 2.24) is 0 Å². The van der Waals surface area contributed by atoms with Crippen molar-refractivity contribution >= 4 is 55.0 Å². The van der Waals surface area contributed by atoms with Crippen LogP contribution in [0.25, 0.3) is 22.3 Å². The van der Waals surface area contributed by atoms with Gasteiger partial charge in [0, 0.05) is 18.3 Å². The fourth-order valence-electron chi connectivity index (χ4n) is 3.26. The third kappa shape index (κ3) is 4.27. The standard InChI is InChI=1S/C24H16I2O2S/c25-19-13-9-17(10-14-19)21-5-1-3-7-23(21)29(27,28)24-8-4-2-6-22(24)18-11-15-20(26)16-12-18/h1-16H. The van der Waals surface area contributed by atoms with E-state index in [1.165, 1.54) is 0 Å². The van der Waals surface area contributed by atoms with Gasteiger partial charge in [0.2, 0.25) is 9.84 Å². The van der Waals surface area contributed by atoms with Crippen molar-refractivity contribution in [2.75, 3.05) is 0 Å². The minimum atomic E-state index is -3.72. The summed E-state index contributed by atoms with van der Waals surface area (Å²) < 4.78 is 29.7. The first-order valence-corrected chi connectivity index (χ1v) is 12.6. The third-order valence-corrected chi connectivity index (χ3v) is 7.97. The van der Waals surface area contributed by atoms with Crippen LogP contribution < -0.4 is 0 Å². The predicted octanol–water partition coefficient (Wildman–Crippen LogP) is 7.06. The van der Waals surface area contributed by atoms with Crippen LogP contribution in [0.4, 0.5) is 0 Å². The summed E-state index contributed by atoms with van der Waals surface area (Å²) in [7, 11) is -3.72. The minimum absolute atomic E-state index is 0.319. The molecule has 0 unspecified atom stereocenters. The molecule has 2 nitrogen and oxygen atoms in total. The summed E-state index contributed by atoms with van der Waals surface area (Å²) in [4.78, 5) is 0.637. The Labute approximate surface area is 198 Å². The van der Waals surface area contributed by atoms with Crippen LogP contribution in [0.3, 0.4) is 0 Å². The van der Waals surface area contributed by atoms with Crippen LogP contribution in [0.15, 0.2) is 107 Å². The highest BCUT2D eigenvalue weighted by molar-refractivity contribution is 14.1. The highest BCUT2D eigenvalue weighted by Crippen LogP contribution is 2.36. The van der Waals surface area contributed by atoms with Gasteiger partial charge >= 0.3 is 0 Å². The smallest absolute Gasteiger partial charge is 0.207 e. The second-order valence-corrected chi connectivity index (χ2v) is 10.9. The largest absolute Gasteiger partial charge is 0.218 e. The summed E-state index contributed by atoms with van der Waals surface area (Å²) in [5.41, 5.74) is 3.19. The molecule has 0 radical (unpaired) electrons. The molecule has 0 amide bonds. The van der Waals surface area contributed by atoms with E-state index in [1.54, 1.807) is 24.3 Å². The zero-order chi connectivity index (χ0) is 20.4. The van der Waals surface area contributed by atoms with E-state index >= 15 is 0 Å². The Morgan fingerprint density at radius 1 is 0.483 bits per heavy atom. The lowest BCUT2D eigenvalue weighted by Crippen LogP contribution is -2.06. The Kier molecular flexibility index (Phi) is 6.08. The Hall–Kier alpha value is -1.71. The molecule has 0 saturated heterocycles. The molecule has 29 heavy (non-hydrogen) atoms. The van der Waals surface area contributed by atoms with Gasteiger partial charge < -0.3 is 0 Å². The lowest BCUT2D eigenvalue weighted by Gasteiger charge is -2.14. The first kappa shape index (κ1) is 20.6. The molecule has 0 aliphatic carbocycles. The molecule has 4 aromatic rings. The molecule has 4 aromatic carbocycles. The van der Waals surface area contributed by atoms with Crippen molar-refractivity contribution in [3.8, 4) is 22.3 Å². The molecule has 0 aliphatic rings. The summed E-state index contributed by atoms with van der Waals surface area (Å²) in [6.07, 6.45) is 0. The highest BCUT2D eigenvalue weighted by atomic mass is 127. The van der Waals surface area contributed by atoms with Crippen molar-refractivity contribution in [2.45, 2.75) is 9.79 Å². The van der Waals surface area contributed by atoms with Gasteiger partial charge in [0.05, 0.1) is 9.79 Å². The zero-order valence-corrected chi connectivity index (χ0v) is 20.3. The van der Waals surface area contributed by atoms with E-state index in [0.717, 1.165) is 18.3 Å². The fourth-order valence-corrected chi connectivity index (χ4v) is 5.68. The maximum Gasteiger partial charge on any atom is 0.207 e. The van der Waals surface area contributed by atoms with E-state index in [2.05, 4.69) is 45.2 Å². The molecule has 5 heteroatoms. The molecular formula is C24H16I2O2S. The average molecular weight is 622 g/mol. The van der Waals surface area contributed by atoms with Crippen LogP contribution in [-0.4, -0.2) is 8.42 Å². The molecular weight excluding hydrogens is 606 g/mol. The topological polar surface area (TPSA) is 34.1 Å². The van der Waals surface area contributed by atoms with Crippen molar-refractivity contribution in [2.24, 2.45) is 0 Å². The van der Waals surface area contributed by atoms with Gasteiger partial charge in [-0.05, 0) is 92.7 Å². The monoisotopic (exact) mass is 622 g/mol.